The molecular formula is C30H40N2O4. The lowest BCUT2D eigenvalue weighted by Crippen LogP contribution is -2.56. The lowest BCUT2D eigenvalue weighted by atomic mass is 9.54. The number of phenols is 1. The smallest absolute Gasteiger partial charge is 0.224 e. The lowest BCUT2D eigenvalue weighted by molar-refractivity contribution is -0.124. The van der Waals surface area contributed by atoms with E-state index in [1.165, 1.54) is 38.2 Å². The highest BCUT2D eigenvalue weighted by molar-refractivity contribution is 5.79. The molecule has 0 unspecified atom stereocenters. The second-order valence-corrected chi connectivity index (χ2v) is 11.6. The van der Waals surface area contributed by atoms with Crippen LogP contribution in [-0.2, 0) is 24.2 Å². The van der Waals surface area contributed by atoms with Gasteiger partial charge in [-0.1, -0.05) is 30.3 Å². The molecule has 4 saturated carbocycles. The molecule has 0 radical (unpaired) electrons. The van der Waals surface area contributed by atoms with E-state index < -0.39 is 6.10 Å². The van der Waals surface area contributed by atoms with Crippen LogP contribution in [-0.4, -0.2) is 39.9 Å². The molecule has 4 aliphatic carbocycles. The van der Waals surface area contributed by atoms with Gasteiger partial charge in [-0.15, -0.1) is 0 Å². The van der Waals surface area contributed by atoms with Crippen molar-refractivity contribution in [1.29, 1.82) is 0 Å². The molecule has 2 atom stereocenters. The van der Waals surface area contributed by atoms with E-state index in [0.29, 0.717) is 42.0 Å². The average Bonchev–Trinajstić information content (AvgIpc) is 2.85. The molecule has 5 N–H and O–H groups in total. The minimum atomic E-state index is -0.737. The van der Waals surface area contributed by atoms with Crippen LogP contribution in [0.4, 0.5) is 0 Å². The normalized spacial score (nSPS) is 28.1. The highest BCUT2D eigenvalue weighted by Gasteiger charge is 2.48. The lowest BCUT2D eigenvalue weighted by Gasteiger charge is -2.54. The number of amides is 1. The van der Waals surface area contributed by atoms with Gasteiger partial charge in [0.15, 0.2) is 0 Å². The number of aliphatic hydroxyl groups excluding tert-OH is 2. The molecule has 4 fully saturated rings. The first kappa shape index (κ1) is 25.2. The van der Waals surface area contributed by atoms with Crippen LogP contribution < -0.4 is 10.6 Å². The zero-order valence-electron chi connectivity index (χ0n) is 21.2. The maximum absolute atomic E-state index is 12.9. The first-order valence-corrected chi connectivity index (χ1v) is 13.6. The number of aromatic hydroxyl groups is 1. The standard InChI is InChI=1S/C30H40N2O4/c1-18(31-16-28(35)23-5-6-27(34)26(15-23)17-33)7-19-3-2-4-20(8-19)14-29(36)32-30-24-10-21-9-22(12-24)13-25(30)11-21/h2-6,8,15,18,21-22,24-25,28,30-31,33-35H,7,9-14,16-17H2,1H3,(H,32,36)/t18-,21?,22?,24?,25?,28-,30?/m1/s1. The molecule has 2 aromatic carbocycles. The Hall–Kier alpha value is -2.41. The van der Waals surface area contributed by atoms with Crippen LogP contribution in [0.3, 0.4) is 0 Å². The summed E-state index contributed by atoms with van der Waals surface area (Å²) in [6.07, 6.45) is 7.13. The quantitative estimate of drug-likeness (QED) is 0.349. The van der Waals surface area contributed by atoms with E-state index in [1.807, 2.05) is 12.1 Å². The Morgan fingerprint density at radius 3 is 2.39 bits per heavy atom. The third kappa shape index (κ3) is 5.77. The van der Waals surface area contributed by atoms with Crippen LogP contribution in [0.5, 0.6) is 5.75 Å². The number of aliphatic hydroxyl groups is 2. The molecule has 4 bridgehead atoms. The van der Waals surface area contributed by atoms with Crippen LogP contribution in [0.2, 0.25) is 0 Å². The number of hydrogen-bond acceptors (Lipinski definition) is 5. The Balaban J connectivity index is 1.10. The Bertz CT molecular complexity index is 1040. The number of carbonyl (C=O) groups is 1. The zero-order valence-corrected chi connectivity index (χ0v) is 21.2. The highest BCUT2D eigenvalue weighted by Crippen LogP contribution is 2.53. The first-order valence-electron chi connectivity index (χ1n) is 13.6. The third-order valence-electron chi connectivity index (χ3n) is 8.77. The predicted octanol–water partition coefficient (Wildman–Crippen LogP) is 3.62. The third-order valence-corrected chi connectivity index (χ3v) is 8.77. The number of hydrogen-bond donors (Lipinski definition) is 5. The van der Waals surface area contributed by atoms with E-state index in [-0.39, 0.29) is 24.3 Å². The van der Waals surface area contributed by atoms with Crippen LogP contribution >= 0.6 is 0 Å². The van der Waals surface area contributed by atoms with Gasteiger partial charge in [-0.05, 0) is 97.9 Å². The Kier molecular flexibility index (Phi) is 7.65. The van der Waals surface area contributed by atoms with Gasteiger partial charge in [0.05, 0.1) is 19.1 Å². The molecule has 0 aromatic heterocycles. The molecule has 2 aromatic rings. The fraction of sp³-hybridized carbons (Fsp3) is 0.567. The van der Waals surface area contributed by atoms with Gasteiger partial charge in [0.25, 0.3) is 0 Å². The van der Waals surface area contributed by atoms with Gasteiger partial charge < -0.3 is 26.0 Å². The molecule has 4 aliphatic rings. The van der Waals surface area contributed by atoms with E-state index in [1.54, 1.807) is 12.1 Å². The number of rotatable bonds is 10. The van der Waals surface area contributed by atoms with Gasteiger partial charge in [-0.3, -0.25) is 4.79 Å². The molecule has 6 nitrogen and oxygen atoms in total. The van der Waals surface area contributed by atoms with E-state index in [9.17, 15) is 20.1 Å². The molecule has 6 heteroatoms. The summed E-state index contributed by atoms with van der Waals surface area (Å²) in [7, 11) is 0. The largest absolute Gasteiger partial charge is 0.508 e. The zero-order chi connectivity index (χ0) is 25.2. The molecule has 0 spiro atoms. The maximum atomic E-state index is 12.9. The first-order chi connectivity index (χ1) is 17.4. The predicted molar refractivity (Wildman–Crippen MR) is 139 cm³/mol. The van der Waals surface area contributed by atoms with Crippen LogP contribution in [0.25, 0.3) is 0 Å². The summed E-state index contributed by atoms with van der Waals surface area (Å²) in [5, 5.41) is 36.4. The number of carbonyl (C=O) groups excluding carboxylic acids is 1. The monoisotopic (exact) mass is 492 g/mol. The van der Waals surface area contributed by atoms with Crippen molar-refractivity contribution in [2.75, 3.05) is 6.54 Å². The van der Waals surface area contributed by atoms with E-state index in [4.69, 9.17) is 0 Å². The van der Waals surface area contributed by atoms with E-state index in [2.05, 4.69) is 29.7 Å². The van der Waals surface area contributed by atoms with Gasteiger partial charge >= 0.3 is 0 Å². The van der Waals surface area contributed by atoms with Gasteiger partial charge in [-0.2, -0.15) is 0 Å². The summed E-state index contributed by atoms with van der Waals surface area (Å²) >= 11 is 0. The topological polar surface area (TPSA) is 102 Å². The van der Waals surface area contributed by atoms with Crippen molar-refractivity contribution in [1.82, 2.24) is 10.6 Å². The molecule has 0 saturated heterocycles. The molecule has 0 heterocycles. The Morgan fingerprint density at radius 2 is 1.69 bits per heavy atom. The van der Waals surface area contributed by atoms with Crippen LogP contribution in [0.1, 0.15) is 67.4 Å². The summed E-state index contributed by atoms with van der Waals surface area (Å²) in [5.41, 5.74) is 3.27. The van der Waals surface area contributed by atoms with Gasteiger partial charge in [0, 0.05) is 24.2 Å². The number of nitrogens with one attached hydrogen (secondary N) is 2. The molecule has 0 aliphatic heterocycles. The summed E-state index contributed by atoms with van der Waals surface area (Å²) in [6, 6.07) is 13.6. The average molecular weight is 493 g/mol. The molecule has 194 valence electrons. The number of benzene rings is 2. The van der Waals surface area contributed by atoms with Gasteiger partial charge in [-0.25, -0.2) is 0 Å². The summed E-state index contributed by atoms with van der Waals surface area (Å²) in [5.74, 6) is 3.38. The van der Waals surface area contributed by atoms with Crippen LogP contribution in [0.15, 0.2) is 42.5 Å². The molecular weight excluding hydrogens is 452 g/mol. The van der Waals surface area contributed by atoms with Crippen molar-refractivity contribution in [3.8, 4) is 5.75 Å². The second-order valence-electron chi connectivity index (χ2n) is 11.6. The van der Waals surface area contributed by atoms with Crippen LogP contribution in [0, 0.1) is 23.7 Å². The van der Waals surface area contributed by atoms with Crippen molar-refractivity contribution in [3.05, 3.63) is 64.7 Å². The highest BCUT2D eigenvalue weighted by atomic mass is 16.3. The Morgan fingerprint density at radius 1 is 1.00 bits per heavy atom. The van der Waals surface area contributed by atoms with Gasteiger partial charge in [0.1, 0.15) is 5.75 Å². The Labute approximate surface area is 214 Å². The fourth-order valence-corrected chi connectivity index (χ4v) is 7.25. The summed E-state index contributed by atoms with van der Waals surface area (Å²) < 4.78 is 0. The second kappa shape index (κ2) is 10.9. The van der Waals surface area contributed by atoms with Crippen molar-refractivity contribution in [2.45, 2.75) is 76.7 Å². The molecule has 1 amide bonds. The van der Waals surface area contributed by atoms with E-state index in [0.717, 1.165) is 29.4 Å². The summed E-state index contributed by atoms with van der Waals surface area (Å²) in [4.78, 5) is 12.9. The van der Waals surface area contributed by atoms with Gasteiger partial charge in [0.2, 0.25) is 5.91 Å². The van der Waals surface area contributed by atoms with Crippen molar-refractivity contribution in [2.24, 2.45) is 23.7 Å². The minimum absolute atomic E-state index is 0.0291. The van der Waals surface area contributed by atoms with E-state index >= 15 is 0 Å². The minimum Gasteiger partial charge on any atom is -0.508 e. The van der Waals surface area contributed by atoms with Crippen molar-refractivity contribution >= 4 is 5.91 Å². The molecule has 6 rings (SSSR count). The fourth-order valence-electron chi connectivity index (χ4n) is 7.25. The van der Waals surface area contributed by atoms with Crippen molar-refractivity contribution < 1.29 is 20.1 Å². The SMILES string of the molecule is C[C@H](Cc1cccc(CC(=O)NC2C3CC4CC(C3)CC2C4)c1)NC[C@@H](O)c1ccc(O)c(CO)c1. The van der Waals surface area contributed by atoms with Crippen molar-refractivity contribution in [3.63, 3.8) is 0 Å². The maximum Gasteiger partial charge on any atom is 0.224 e. The molecule has 36 heavy (non-hydrogen) atoms. The summed E-state index contributed by atoms with van der Waals surface area (Å²) in [6.45, 7) is 2.17.